The normalized spacial score (nSPS) is 17.6. The number of esters is 1. The van der Waals surface area contributed by atoms with Gasteiger partial charge in [0.05, 0.1) is 31.2 Å². The molecule has 2 aliphatic rings. The van der Waals surface area contributed by atoms with E-state index in [9.17, 15) is 14.0 Å². The summed E-state index contributed by atoms with van der Waals surface area (Å²) in [4.78, 5) is 39.8. The van der Waals surface area contributed by atoms with Gasteiger partial charge in [0, 0.05) is 61.1 Å². The molecule has 1 atom stereocenters. The number of nitrogens with one attached hydrogen (secondary N) is 1. The van der Waals surface area contributed by atoms with Crippen molar-refractivity contribution in [1.82, 2.24) is 19.8 Å². The summed E-state index contributed by atoms with van der Waals surface area (Å²) in [6.07, 6.45) is 3.39. The van der Waals surface area contributed by atoms with Crippen LogP contribution in [0.1, 0.15) is 6.42 Å². The molecule has 1 unspecified atom stereocenters. The summed E-state index contributed by atoms with van der Waals surface area (Å²) in [6.45, 7) is 3.41. The fourth-order valence-electron chi connectivity index (χ4n) is 4.92. The fraction of sp³-hybridized carbons (Fsp3) is 0.357. The Balaban J connectivity index is 1.30. The number of ether oxygens (including phenoxy) is 2. The highest BCUT2D eigenvalue weighted by atomic mass is 35.5. The lowest BCUT2D eigenvalue weighted by Gasteiger charge is -2.38. The summed E-state index contributed by atoms with van der Waals surface area (Å²) < 4.78 is 25.3. The zero-order valence-corrected chi connectivity index (χ0v) is 23.0. The molecule has 40 heavy (non-hydrogen) atoms. The molecule has 210 valence electrons. The van der Waals surface area contributed by atoms with Crippen LogP contribution in [0.4, 0.5) is 21.6 Å². The molecular formula is C28H30ClFN6O4. The molecule has 5 rings (SSSR count). The number of nitrogens with zero attached hydrogens (tertiary/aromatic N) is 5. The molecule has 0 radical (unpaired) electrons. The number of aromatic nitrogens is 2. The average Bonchev–Trinajstić information content (AvgIpc) is 2.96. The van der Waals surface area contributed by atoms with Crippen LogP contribution in [0.15, 0.2) is 48.8 Å². The molecule has 10 nitrogen and oxygen atoms in total. The Bertz CT molecular complexity index is 1410. The molecule has 1 fully saturated rings. The molecule has 0 bridgehead atoms. The Morgan fingerprint density at radius 3 is 2.85 bits per heavy atom. The minimum absolute atomic E-state index is 0.198. The number of amides is 1. The highest BCUT2D eigenvalue weighted by molar-refractivity contribution is 6.30. The van der Waals surface area contributed by atoms with Gasteiger partial charge in [-0.25, -0.2) is 9.37 Å². The minimum atomic E-state index is -0.427. The number of fused-ring (bicyclic) bond motifs is 1. The molecule has 1 amide bonds. The Morgan fingerprint density at radius 2 is 2.02 bits per heavy atom. The molecule has 4 heterocycles. The first-order valence-corrected chi connectivity index (χ1v) is 13.3. The first kappa shape index (κ1) is 27.8. The lowest BCUT2D eigenvalue weighted by molar-refractivity contribution is -0.149. The van der Waals surface area contributed by atoms with Crippen LogP contribution in [0, 0.1) is 5.82 Å². The summed E-state index contributed by atoms with van der Waals surface area (Å²) >= 11 is 6.10. The van der Waals surface area contributed by atoms with Crippen LogP contribution in [0.3, 0.4) is 0 Å². The van der Waals surface area contributed by atoms with Crippen molar-refractivity contribution in [3.63, 3.8) is 0 Å². The highest BCUT2D eigenvalue weighted by Crippen LogP contribution is 2.39. The van der Waals surface area contributed by atoms with Gasteiger partial charge in [0.1, 0.15) is 24.3 Å². The molecule has 1 saturated heterocycles. The van der Waals surface area contributed by atoms with E-state index in [1.165, 1.54) is 25.3 Å². The van der Waals surface area contributed by atoms with Crippen molar-refractivity contribution in [3.05, 3.63) is 59.6 Å². The number of anilines is 3. The van der Waals surface area contributed by atoms with E-state index in [1.54, 1.807) is 24.5 Å². The predicted octanol–water partition coefficient (Wildman–Crippen LogP) is 3.58. The van der Waals surface area contributed by atoms with E-state index in [1.807, 2.05) is 22.9 Å². The molecule has 1 N–H and O–H groups in total. The van der Waals surface area contributed by atoms with Crippen LogP contribution in [0.5, 0.6) is 5.75 Å². The van der Waals surface area contributed by atoms with Gasteiger partial charge in [-0.15, -0.1) is 0 Å². The maximum absolute atomic E-state index is 14.5. The van der Waals surface area contributed by atoms with E-state index in [0.29, 0.717) is 66.3 Å². The van der Waals surface area contributed by atoms with Crippen LogP contribution >= 0.6 is 11.6 Å². The monoisotopic (exact) mass is 568 g/mol. The molecule has 12 heteroatoms. The van der Waals surface area contributed by atoms with Crippen molar-refractivity contribution in [2.75, 3.05) is 63.7 Å². The third kappa shape index (κ3) is 6.16. The maximum atomic E-state index is 14.5. The van der Waals surface area contributed by atoms with Crippen molar-refractivity contribution in [2.24, 2.45) is 0 Å². The quantitative estimate of drug-likeness (QED) is 0.429. The predicted molar refractivity (Wildman–Crippen MR) is 149 cm³/mol. The standard InChI is InChI=1S/C28H30ClFN6O4/c1-34-9-10-35(24(17-34)28(38)39-2)8-6-27(37)33-26-14-19(5-7-31-26)36-11-12-40-25-16-32-22(15-23(25)36)20-13-18(29)3-4-21(20)30/h3-5,7,13-16,24H,6,8-12,17H2,1-2H3,(H,31,33,37). The van der Waals surface area contributed by atoms with E-state index in [0.717, 1.165) is 12.2 Å². The van der Waals surface area contributed by atoms with E-state index in [-0.39, 0.29) is 18.3 Å². The van der Waals surface area contributed by atoms with Crippen molar-refractivity contribution in [1.29, 1.82) is 0 Å². The lowest BCUT2D eigenvalue weighted by Crippen LogP contribution is -2.56. The number of benzene rings is 1. The topological polar surface area (TPSA) is 100 Å². The summed E-state index contributed by atoms with van der Waals surface area (Å²) in [5, 5.41) is 3.27. The molecular weight excluding hydrogens is 539 g/mol. The largest absolute Gasteiger partial charge is 0.488 e. The van der Waals surface area contributed by atoms with Gasteiger partial charge >= 0.3 is 5.97 Å². The van der Waals surface area contributed by atoms with Gasteiger partial charge in [-0.1, -0.05) is 11.6 Å². The fourth-order valence-corrected chi connectivity index (χ4v) is 5.09. The zero-order valence-electron chi connectivity index (χ0n) is 22.3. The van der Waals surface area contributed by atoms with Crippen LogP contribution < -0.4 is 15.0 Å². The lowest BCUT2D eigenvalue weighted by atomic mass is 10.1. The minimum Gasteiger partial charge on any atom is -0.488 e. The van der Waals surface area contributed by atoms with E-state index in [2.05, 4.69) is 20.2 Å². The average molecular weight is 569 g/mol. The number of rotatable bonds is 7. The van der Waals surface area contributed by atoms with Crippen molar-refractivity contribution >= 4 is 40.7 Å². The third-order valence-electron chi connectivity index (χ3n) is 7.03. The summed E-state index contributed by atoms with van der Waals surface area (Å²) in [5.74, 6) is 0.0188. The number of carbonyl (C=O) groups is 2. The van der Waals surface area contributed by atoms with Gasteiger partial charge in [-0.2, -0.15) is 0 Å². The molecule has 2 aliphatic heterocycles. The number of piperazine rings is 1. The second-order valence-electron chi connectivity index (χ2n) is 9.70. The van der Waals surface area contributed by atoms with Crippen molar-refractivity contribution < 1.29 is 23.5 Å². The number of carbonyl (C=O) groups excluding carboxylic acids is 2. The summed E-state index contributed by atoms with van der Waals surface area (Å²) in [5.41, 5.74) is 2.20. The maximum Gasteiger partial charge on any atom is 0.324 e. The smallest absolute Gasteiger partial charge is 0.324 e. The number of likely N-dealkylation sites (N-methyl/N-ethyl adjacent to an activating group) is 1. The Labute approximate surface area is 236 Å². The first-order valence-electron chi connectivity index (χ1n) is 12.9. The van der Waals surface area contributed by atoms with Crippen LogP contribution in [-0.4, -0.2) is 91.2 Å². The van der Waals surface area contributed by atoms with E-state index < -0.39 is 11.9 Å². The van der Waals surface area contributed by atoms with Gasteiger partial charge in [-0.3, -0.25) is 19.5 Å². The zero-order chi connectivity index (χ0) is 28.2. The molecule has 3 aromatic rings. The van der Waals surface area contributed by atoms with Gasteiger partial charge in [0.25, 0.3) is 0 Å². The van der Waals surface area contributed by atoms with E-state index >= 15 is 0 Å². The molecule has 2 aromatic heterocycles. The number of pyridine rings is 2. The Hall–Kier alpha value is -3.80. The van der Waals surface area contributed by atoms with Crippen molar-refractivity contribution in [3.8, 4) is 17.0 Å². The van der Waals surface area contributed by atoms with Crippen LogP contribution in [-0.2, 0) is 14.3 Å². The highest BCUT2D eigenvalue weighted by Gasteiger charge is 2.32. The first-order chi connectivity index (χ1) is 19.3. The Morgan fingerprint density at radius 1 is 1.18 bits per heavy atom. The molecule has 1 aromatic carbocycles. The van der Waals surface area contributed by atoms with Gasteiger partial charge in [0.2, 0.25) is 5.91 Å². The second kappa shape index (κ2) is 12.2. The number of methoxy groups -OCH3 is 1. The molecule has 0 saturated carbocycles. The third-order valence-corrected chi connectivity index (χ3v) is 7.27. The Kier molecular flexibility index (Phi) is 8.43. The van der Waals surface area contributed by atoms with E-state index in [4.69, 9.17) is 21.1 Å². The summed E-state index contributed by atoms with van der Waals surface area (Å²) in [7, 11) is 3.33. The molecule has 0 spiro atoms. The molecule has 0 aliphatic carbocycles. The number of halogens is 2. The summed E-state index contributed by atoms with van der Waals surface area (Å²) in [6, 6.07) is 9.30. The second-order valence-corrected chi connectivity index (χ2v) is 10.1. The van der Waals surface area contributed by atoms with Gasteiger partial charge in [0.15, 0.2) is 5.75 Å². The van der Waals surface area contributed by atoms with Crippen LogP contribution in [0.2, 0.25) is 5.02 Å². The number of hydrogen-bond donors (Lipinski definition) is 1. The SMILES string of the molecule is COC(=O)C1CN(C)CCN1CCC(=O)Nc1cc(N2CCOc3cnc(-c4cc(Cl)ccc4F)cc32)ccn1. The van der Waals surface area contributed by atoms with Gasteiger partial charge in [-0.05, 0) is 37.4 Å². The van der Waals surface area contributed by atoms with Crippen molar-refractivity contribution in [2.45, 2.75) is 12.5 Å². The number of hydrogen-bond acceptors (Lipinski definition) is 9. The van der Waals surface area contributed by atoms with Crippen LogP contribution in [0.25, 0.3) is 11.3 Å². The van der Waals surface area contributed by atoms with Gasteiger partial charge < -0.3 is 24.6 Å².